The Balaban J connectivity index is 1.15. The Morgan fingerprint density at radius 2 is 1.17 bits per heavy atom. The summed E-state index contributed by atoms with van der Waals surface area (Å²) in [6.45, 7) is 0. The molecular formula is C22H22N6O2. The number of carbonyl (C=O) groups excluding carboxylic acids is 2. The van der Waals surface area contributed by atoms with Crippen molar-refractivity contribution in [3.63, 3.8) is 0 Å². The predicted octanol–water partition coefficient (Wildman–Crippen LogP) is 2.45. The molecule has 0 bridgehead atoms. The van der Waals surface area contributed by atoms with E-state index in [1.165, 1.54) is 0 Å². The van der Waals surface area contributed by atoms with Crippen molar-refractivity contribution in [2.45, 2.75) is 37.8 Å². The maximum Gasteiger partial charge on any atom is 0.271 e. The molecule has 152 valence electrons. The molecule has 4 aromatic rings. The first-order valence-electron chi connectivity index (χ1n) is 10.1. The molecule has 0 spiro atoms. The lowest BCUT2D eigenvalue weighted by atomic mass is 9.91. The first-order valence-corrected chi connectivity index (χ1v) is 10.1. The van der Waals surface area contributed by atoms with Crippen LogP contribution in [0.1, 0.15) is 46.7 Å². The van der Waals surface area contributed by atoms with E-state index < -0.39 is 0 Å². The number of fused-ring (bicyclic) bond motifs is 2. The summed E-state index contributed by atoms with van der Waals surface area (Å²) in [6, 6.07) is 11.5. The summed E-state index contributed by atoms with van der Waals surface area (Å²) in [4.78, 5) is 33.8. The van der Waals surface area contributed by atoms with Crippen LogP contribution in [0.2, 0.25) is 0 Å². The Kier molecular flexibility index (Phi) is 4.66. The molecule has 4 aromatic heterocycles. The molecule has 1 aliphatic rings. The molecule has 1 saturated carbocycles. The molecule has 1 aliphatic carbocycles. The van der Waals surface area contributed by atoms with Gasteiger partial charge in [0.05, 0.1) is 0 Å². The predicted molar refractivity (Wildman–Crippen MR) is 111 cm³/mol. The third kappa shape index (κ3) is 3.63. The largest absolute Gasteiger partial charge is 0.348 e. The Morgan fingerprint density at radius 3 is 1.57 bits per heavy atom. The highest BCUT2D eigenvalue weighted by molar-refractivity contribution is 5.93. The number of aromatic nitrogens is 4. The fraction of sp³-hybridized carbons (Fsp3) is 0.273. The highest BCUT2D eigenvalue weighted by Gasteiger charge is 2.25. The van der Waals surface area contributed by atoms with Crippen molar-refractivity contribution >= 4 is 23.1 Å². The summed E-state index contributed by atoms with van der Waals surface area (Å²) < 4.78 is 3.67. The number of amides is 2. The maximum atomic E-state index is 12.5. The van der Waals surface area contributed by atoms with E-state index in [0.717, 1.165) is 37.0 Å². The van der Waals surface area contributed by atoms with Gasteiger partial charge in [-0.15, -0.1) is 0 Å². The smallest absolute Gasteiger partial charge is 0.271 e. The number of pyridine rings is 2. The SMILES string of the molecule is O=C(NC1CCC(NC(=O)c2cn3ccccc3n2)CC1)c1cn2ccccc2n1. The molecule has 2 amide bonds. The van der Waals surface area contributed by atoms with Crippen molar-refractivity contribution < 1.29 is 9.59 Å². The Labute approximate surface area is 173 Å². The van der Waals surface area contributed by atoms with Crippen molar-refractivity contribution in [1.29, 1.82) is 0 Å². The van der Waals surface area contributed by atoms with Gasteiger partial charge in [-0.2, -0.15) is 0 Å². The lowest BCUT2D eigenvalue weighted by Crippen LogP contribution is -2.44. The van der Waals surface area contributed by atoms with E-state index in [0.29, 0.717) is 11.4 Å². The van der Waals surface area contributed by atoms with Crippen LogP contribution < -0.4 is 10.6 Å². The molecule has 8 heteroatoms. The van der Waals surface area contributed by atoms with Crippen LogP contribution in [0.4, 0.5) is 0 Å². The van der Waals surface area contributed by atoms with Gasteiger partial charge in [-0.1, -0.05) is 12.1 Å². The van der Waals surface area contributed by atoms with Crippen molar-refractivity contribution in [3.8, 4) is 0 Å². The van der Waals surface area contributed by atoms with Gasteiger partial charge in [-0.05, 0) is 49.9 Å². The first-order chi connectivity index (χ1) is 14.7. The van der Waals surface area contributed by atoms with E-state index in [4.69, 9.17) is 0 Å². The summed E-state index contributed by atoms with van der Waals surface area (Å²) in [6.07, 6.45) is 10.5. The van der Waals surface area contributed by atoms with Gasteiger partial charge < -0.3 is 19.4 Å². The molecule has 1 fully saturated rings. The number of nitrogens with zero attached hydrogens (tertiary/aromatic N) is 4. The molecule has 2 N–H and O–H groups in total. The second-order valence-electron chi connectivity index (χ2n) is 7.68. The van der Waals surface area contributed by atoms with Crippen LogP contribution in [0.15, 0.2) is 61.2 Å². The van der Waals surface area contributed by atoms with Crippen molar-refractivity contribution in [1.82, 2.24) is 29.4 Å². The number of rotatable bonds is 4. The Bertz CT molecular complexity index is 1060. The van der Waals surface area contributed by atoms with Crippen molar-refractivity contribution in [3.05, 3.63) is 72.6 Å². The van der Waals surface area contributed by atoms with E-state index in [9.17, 15) is 9.59 Å². The summed E-state index contributed by atoms with van der Waals surface area (Å²) >= 11 is 0. The molecule has 8 nitrogen and oxygen atoms in total. The van der Waals surface area contributed by atoms with E-state index in [1.54, 1.807) is 12.4 Å². The molecular weight excluding hydrogens is 380 g/mol. The Morgan fingerprint density at radius 1 is 0.733 bits per heavy atom. The molecule has 5 rings (SSSR count). The fourth-order valence-electron chi connectivity index (χ4n) is 3.99. The van der Waals surface area contributed by atoms with Crippen LogP contribution in [0.5, 0.6) is 0 Å². The molecule has 30 heavy (non-hydrogen) atoms. The zero-order valence-electron chi connectivity index (χ0n) is 16.4. The average Bonchev–Trinajstić information content (AvgIpc) is 3.39. The van der Waals surface area contributed by atoms with Crippen LogP contribution in [0.3, 0.4) is 0 Å². The number of imidazole rings is 2. The van der Waals surface area contributed by atoms with Crippen LogP contribution in [-0.4, -0.2) is 42.7 Å². The van der Waals surface area contributed by atoms with Gasteiger partial charge in [0.25, 0.3) is 11.8 Å². The summed E-state index contributed by atoms with van der Waals surface area (Å²) in [5.41, 5.74) is 2.34. The minimum Gasteiger partial charge on any atom is -0.348 e. The number of nitrogens with one attached hydrogen (secondary N) is 2. The lowest BCUT2D eigenvalue weighted by molar-refractivity contribution is 0.0887. The standard InChI is InChI=1S/C22H22N6O2/c29-21(17-13-27-11-3-1-5-19(27)25-17)23-15-7-9-16(10-8-15)24-22(30)18-14-28-12-4-2-6-20(28)26-18/h1-6,11-16H,7-10H2,(H,23,29)(H,24,30). The number of hydrogen-bond acceptors (Lipinski definition) is 4. The van der Waals surface area contributed by atoms with Crippen molar-refractivity contribution in [2.24, 2.45) is 0 Å². The van der Waals surface area contributed by atoms with Gasteiger partial charge >= 0.3 is 0 Å². The molecule has 0 unspecified atom stereocenters. The van der Waals surface area contributed by atoms with Crippen LogP contribution in [-0.2, 0) is 0 Å². The van der Waals surface area contributed by atoms with E-state index in [1.807, 2.05) is 57.6 Å². The van der Waals surface area contributed by atoms with Gasteiger partial charge in [-0.25, -0.2) is 9.97 Å². The van der Waals surface area contributed by atoms with Gasteiger partial charge in [0.1, 0.15) is 22.7 Å². The number of carbonyl (C=O) groups is 2. The van der Waals surface area contributed by atoms with Gasteiger partial charge in [-0.3, -0.25) is 9.59 Å². The van der Waals surface area contributed by atoms with Crippen molar-refractivity contribution in [2.75, 3.05) is 0 Å². The highest BCUT2D eigenvalue weighted by Crippen LogP contribution is 2.20. The monoisotopic (exact) mass is 402 g/mol. The third-order valence-electron chi connectivity index (χ3n) is 5.59. The second kappa shape index (κ2) is 7.62. The maximum absolute atomic E-state index is 12.5. The fourth-order valence-corrected chi connectivity index (χ4v) is 3.99. The minimum absolute atomic E-state index is 0.0886. The normalized spacial score (nSPS) is 19.1. The van der Waals surface area contributed by atoms with Crippen LogP contribution in [0.25, 0.3) is 11.3 Å². The summed E-state index contributed by atoms with van der Waals surface area (Å²) in [5.74, 6) is -0.313. The first kappa shape index (κ1) is 18.4. The molecule has 0 atom stereocenters. The molecule has 0 aromatic carbocycles. The van der Waals surface area contributed by atoms with E-state index in [2.05, 4.69) is 20.6 Å². The van der Waals surface area contributed by atoms with Gasteiger partial charge in [0, 0.05) is 36.9 Å². The molecule has 0 radical (unpaired) electrons. The van der Waals surface area contributed by atoms with Gasteiger partial charge in [0.15, 0.2) is 0 Å². The molecule has 4 heterocycles. The summed E-state index contributed by atoms with van der Waals surface area (Å²) in [7, 11) is 0. The quantitative estimate of drug-likeness (QED) is 0.548. The minimum atomic E-state index is -0.157. The van der Waals surface area contributed by atoms with Gasteiger partial charge in [0.2, 0.25) is 0 Å². The number of hydrogen-bond donors (Lipinski definition) is 2. The van der Waals surface area contributed by atoms with E-state index in [-0.39, 0.29) is 23.9 Å². The third-order valence-corrected chi connectivity index (χ3v) is 5.59. The lowest BCUT2D eigenvalue weighted by Gasteiger charge is -2.29. The Hall–Kier alpha value is -3.68. The zero-order chi connectivity index (χ0) is 20.5. The highest BCUT2D eigenvalue weighted by atomic mass is 16.2. The van der Waals surface area contributed by atoms with E-state index >= 15 is 0 Å². The zero-order valence-corrected chi connectivity index (χ0v) is 16.4. The summed E-state index contributed by atoms with van der Waals surface area (Å²) in [5, 5.41) is 6.15. The topological polar surface area (TPSA) is 92.8 Å². The van der Waals surface area contributed by atoms with Crippen LogP contribution in [0, 0.1) is 0 Å². The molecule has 0 saturated heterocycles. The second-order valence-corrected chi connectivity index (χ2v) is 7.68. The average molecular weight is 402 g/mol. The van der Waals surface area contributed by atoms with Crippen LogP contribution >= 0.6 is 0 Å². The molecule has 0 aliphatic heterocycles.